The molecule has 0 aromatic carbocycles. The molecule has 1 unspecified atom stereocenters. The molecule has 0 spiro atoms. The van der Waals surface area contributed by atoms with E-state index in [4.69, 9.17) is 4.74 Å². The average molecular weight is 286 g/mol. The molecule has 20 heavy (non-hydrogen) atoms. The number of nitrogens with zero attached hydrogens (tertiary/aromatic N) is 3. The van der Waals surface area contributed by atoms with Gasteiger partial charge in [-0.1, -0.05) is 0 Å². The lowest BCUT2D eigenvalue weighted by molar-refractivity contribution is -0.143. The van der Waals surface area contributed by atoms with Crippen LogP contribution in [0.4, 0.5) is 0 Å². The van der Waals surface area contributed by atoms with Gasteiger partial charge in [-0.25, -0.2) is 0 Å². The van der Waals surface area contributed by atoms with Crippen LogP contribution < -0.4 is 5.32 Å². The standard InChI is InChI=1S/C14H30N4O2/c1-15-13(14(19)20-4)5-6-17-9-11-18(12-10-17)8-7-16(2)3/h13,15H,5-12H2,1-4H3. The van der Waals surface area contributed by atoms with E-state index in [-0.39, 0.29) is 12.0 Å². The van der Waals surface area contributed by atoms with Gasteiger partial charge in [0.05, 0.1) is 7.11 Å². The minimum atomic E-state index is -0.188. The van der Waals surface area contributed by atoms with Crippen LogP contribution in [0.3, 0.4) is 0 Å². The molecule has 0 bridgehead atoms. The summed E-state index contributed by atoms with van der Waals surface area (Å²) < 4.78 is 4.78. The second-order valence-corrected chi connectivity index (χ2v) is 5.64. The van der Waals surface area contributed by atoms with E-state index < -0.39 is 0 Å². The van der Waals surface area contributed by atoms with E-state index in [1.165, 1.54) is 7.11 Å². The van der Waals surface area contributed by atoms with Crippen LogP contribution >= 0.6 is 0 Å². The lowest BCUT2D eigenvalue weighted by Gasteiger charge is -2.35. The van der Waals surface area contributed by atoms with Crippen molar-refractivity contribution in [2.75, 3.05) is 74.1 Å². The number of nitrogens with one attached hydrogen (secondary N) is 1. The summed E-state index contributed by atoms with van der Waals surface area (Å²) in [7, 11) is 7.47. The highest BCUT2D eigenvalue weighted by Crippen LogP contribution is 2.04. The number of esters is 1. The van der Waals surface area contributed by atoms with Gasteiger partial charge in [0.2, 0.25) is 0 Å². The largest absolute Gasteiger partial charge is 0.468 e. The highest BCUT2D eigenvalue weighted by atomic mass is 16.5. The molecule has 0 aromatic heterocycles. The van der Waals surface area contributed by atoms with Gasteiger partial charge in [-0.15, -0.1) is 0 Å². The Kier molecular flexibility index (Phi) is 8.06. The SMILES string of the molecule is CNC(CCN1CCN(CCN(C)C)CC1)C(=O)OC. The zero-order chi connectivity index (χ0) is 15.0. The molecular weight excluding hydrogens is 256 g/mol. The third kappa shape index (κ3) is 6.17. The summed E-state index contributed by atoms with van der Waals surface area (Å²) in [4.78, 5) is 18.7. The Morgan fingerprint density at radius 1 is 1.20 bits per heavy atom. The van der Waals surface area contributed by atoms with Crippen molar-refractivity contribution in [1.82, 2.24) is 20.0 Å². The topological polar surface area (TPSA) is 48.0 Å². The van der Waals surface area contributed by atoms with Crippen molar-refractivity contribution < 1.29 is 9.53 Å². The number of carbonyl (C=O) groups excluding carboxylic acids is 1. The number of likely N-dealkylation sites (N-methyl/N-ethyl adjacent to an activating group) is 2. The van der Waals surface area contributed by atoms with Crippen LogP contribution in [0.25, 0.3) is 0 Å². The minimum absolute atomic E-state index is 0.169. The van der Waals surface area contributed by atoms with Gasteiger partial charge >= 0.3 is 5.97 Å². The van der Waals surface area contributed by atoms with Crippen molar-refractivity contribution >= 4 is 5.97 Å². The first-order valence-electron chi connectivity index (χ1n) is 7.41. The predicted octanol–water partition coefficient (Wildman–Crippen LogP) is -0.683. The van der Waals surface area contributed by atoms with Crippen LogP contribution in [-0.2, 0) is 9.53 Å². The van der Waals surface area contributed by atoms with Crippen molar-refractivity contribution in [2.45, 2.75) is 12.5 Å². The Bertz CT molecular complexity index is 278. The first-order valence-corrected chi connectivity index (χ1v) is 7.41. The zero-order valence-corrected chi connectivity index (χ0v) is 13.4. The van der Waals surface area contributed by atoms with Crippen molar-refractivity contribution in [3.8, 4) is 0 Å². The predicted molar refractivity (Wildman–Crippen MR) is 80.9 cm³/mol. The van der Waals surface area contributed by atoms with E-state index in [1.807, 2.05) is 0 Å². The molecule has 0 aromatic rings. The highest BCUT2D eigenvalue weighted by Gasteiger charge is 2.20. The Hall–Kier alpha value is -0.690. The molecule has 1 heterocycles. The lowest BCUT2D eigenvalue weighted by Crippen LogP contribution is -2.49. The third-order valence-corrected chi connectivity index (χ3v) is 3.90. The molecule has 1 aliphatic rings. The second-order valence-electron chi connectivity index (χ2n) is 5.64. The van der Waals surface area contributed by atoms with E-state index >= 15 is 0 Å². The quantitative estimate of drug-likeness (QED) is 0.597. The molecule has 1 rings (SSSR count). The molecule has 6 nitrogen and oxygen atoms in total. The Morgan fingerprint density at radius 2 is 1.75 bits per heavy atom. The number of ether oxygens (including phenoxy) is 1. The van der Waals surface area contributed by atoms with Gasteiger partial charge in [-0.2, -0.15) is 0 Å². The van der Waals surface area contributed by atoms with Gasteiger partial charge in [-0.3, -0.25) is 9.69 Å². The van der Waals surface area contributed by atoms with Crippen LogP contribution in [0, 0.1) is 0 Å². The van der Waals surface area contributed by atoms with E-state index in [1.54, 1.807) is 7.05 Å². The molecule has 0 aliphatic carbocycles. The van der Waals surface area contributed by atoms with Gasteiger partial charge in [0.25, 0.3) is 0 Å². The number of methoxy groups -OCH3 is 1. The van der Waals surface area contributed by atoms with Crippen LogP contribution in [0.1, 0.15) is 6.42 Å². The summed E-state index contributed by atoms with van der Waals surface area (Å²) >= 11 is 0. The second kappa shape index (κ2) is 9.28. The van der Waals surface area contributed by atoms with Crippen LogP contribution in [0.15, 0.2) is 0 Å². The molecule has 0 amide bonds. The molecule has 1 saturated heterocycles. The number of carbonyl (C=O) groups is 1. The highest BCUT2D eigenvalue weighted by molar-refractivity contribution is 5.75. The number of hydrogen-bond donors (Lipinski definition) is 1. The maximum atomic E-state index is 11.5. The maximum Gasteiger partial charge on any atom is 0.322 e. The molecule has 1 fully saturated rings. The Morgan fingerprint density at radius 3 is 2.20 bits per heavy atom. The molecule has 1 N–H and O–H groups in total. The summed E-state index contributed by atoms with van der Waals surface area (Å²) in [6, 6.07) is -0.188. The van der Waals surface area contributed by atoms with E-state index in [0.29, 0.717) is 0 Å². The number of piperazine rings is 1. The summed E-state index contributed by atoms with van der Waals surface area (Å²) in [6.07, 6.45) is 0.806. The van der Waals surface area contributed by atoms with E-state index in [2.05, 4.69) is 34.1 Å². The fourth-order valence-electron chi connectivity index (χ4n) is 2.41. The maximum absolute atomic E-state index is 11.5. The van der Waals surface area contributed by atoms with Gasteiger partial charge in [0.15, 0.2) is 0 Å². The molecule has 0 saturated carbocycles. The molecule has 118 valence electrons. The molecular formula is C14H30N4O2. The van der Waals surface area contributed by atoms with Gasteiger partial charge in [0.1, 0.15) is 6.04 Å². The molecule has 1 aliphatic heterocycles. The Balaban J connectivity index is 2.20. The van der Waals surface area contributed by atoms with Crippen molar-refractivity contribution in [3.63, 3.8) is 0 Å². The van der Waals surface area contributed by atoms with Crippen LogP contribution in [0.5, 0.6) is 0 Å². The zero-order valence-electron chi connectivity index (χ0n) is 13.4. The Labute approximate surface area is 123 Å². The number of rotatable bonds is 8. The van der Waals surface area contributed by atoms with Crippen LogP contribution in [-0.4, -0.2) is 101 Å². The first kappa shape index (κ1) is 17.4. The fourth-order valence-corrected chi connectivity index (χ4v) is 2.41. The van der Waals surface area contributed by atoms with Gasteiger partial charge < -0.3 is 19.9 Å². The monoisotopic (exact) mass is 286 g/mol. The molecule has 1 atom stereocenters. The summed E-state index contributed by atoms with van der Waals surface area (Å²) in [5, 5.41) is 3.02. The van der Waals surface area contributed by atoms with Crippen molar-refractivity contribution in [3.05, 3.63) is 0 Å². The molecule has 6 heteroatoms. The van der Waals surface area contributed by atoms with Crippen molar-refractivity contribution in [2.24, 2.45) is 0 Å². The normalized spacial score (nSPS) is 19.2. The number of hydrogen-bond acceptors (Lipinski definition) is 6. The van der Waals surface area contributed by atoms with Crippen molar-refractivity contribution in [1.29, 1.82) is 0 Å². The van der Waals surface area contributed by atoms with Crippen LogP contribution in [0.2, 0.25) is 0 Å². The van der Waals surface area contributed by atoms with Gasteiger partial charge in [0, 0.05) is 45.8 Å². The van der Waals surface area contributed by atoms with E-state index in [9.17, 15) is 4.79 Å². The minimum Gasteiger partial charge on any atom is -0.468 e. The first-order chi connectivity index (χ1) is 9.56. The summed E-state index contributed by atoms with van der Waals surface area (Å²) in [5.74, 6) is -0.169. The fraction of sp³-hybridized carbons (Fsp3) is 0.929. The average Bonchev–Trinajstić information content (AvgIpc) is 2.46. The smallest absolute Gasteiger partial charge is 0.322 e. The lowest BCUT2D eigenvalue weighted by atomic mass is 10.2. The van der Waals surface area contributed by atoms with Gasteiger partial charge in [-0.05, 0) is 27.6 Å². The third-order valence-electron chi connectivity index (χ3n) is 3.90. The summed E-state index contributed by atoms with van der Waals surface area (Å²) in [5.41, 5.74) is 0. The molecule has 0 radical (unpaired) electrons. The summed E-state index contributed by atoms with van der Waals surface area (Å²) in [6.45, 7) is 7.62. The van der Waals surface area contributed by atoms with E-state index in [0.717, 1.165) is 52.2 Å².